The Balaban J connectivity index is 0.000000352. The first-order valence-electron chi connectivity index (χ1n) is 26.4. The molecule has 0 aliphatic heterocycles. The minimum atomic E-state index is -0.706. The first-order valence-corrected chi connectivity index (χ1v) is 32.7. The van der Waals surface area contributed by atoms with Crippen LogP contribution in [-0.4, -0.2) is 56.5 Å². The second kappa shape index (κ2) is 45.6. The first-order chi connectivity index (χ1) is 36.5. The maximum absolute atomic E-state index is 12.7. The van der Waals surface area contributed by atoms with Gasteiger partial charge in [-0.1, -0.05) is 199 Å². The topological polar surface area (TPSA) is 81.7 Å². The van der Waals surface area contributed by atoms with Crippen LogP contribution in [0.5, 0.6) is 0 Å². The Labute approximate surface area is 463 Å². The van der Waals surface area contributed by atoms with E-state index in [-0.39, 0.29) is 5.91 Å². The summed E-state index contributed by atoms with van der Waals surface area (Å²) in [5.74, 6) is 0.175. The molecule has 7 rings (SSSR count). The summed E-state index contributed by atoms with van der Waals surface area (Å²) in [6.07, 6.45) is 16.4. The van der Waals surface area contributed by atoms with Crippen molar-refractivity contribution in [2.24, 2.45) is 0 Å². The van der Waals surface area contributed by atoms with Gasteiger partial charge in [-0.2, -0.15) is 0 Å². The van der Waals surface area contributed by atoms with Gasteiger partial charge < -0.3 is 20.5 Å². The molecule has 396 valence electrons. The standard InChI is InChI=1S/C23H27NP2.C20H25NO.C12H11N.C8H18O.CHO.ClH.Ru.H/c1-25(21-11-5-2-6-12-21)19-17-24-18-20-26(22-13-7-3-8-14-22)23-15-9-4-10-16-23;1-2-3-4-5-12-17-20(22)21(18-13-8-6-9-14-18)19-15-10-7-11-16-19;1-3-7-11(8-4-1)13-12-9-5-2-6-10-12;1-2-3-4-5-6-7-8-9;1-2;;;/h2-16,24H,17-20H2,1H3;6-11,13-16H,2-5,12,17H2,1H3;1-10,13H;9H,2-8H2,1H3;1H;1H;;/q;;;;-1;;+3;/p+1. The van der Waals surface area contributed by atoms with E-state index in [1.54, 1.807) is 17.3 Å². The van der Waals surface area contributed by atoms with Crippen LogP contribution in [0.1, 0.15) is 90.9 Å². The van der Waals surface area contributed by atoms with Gasteiger partial charge in [0.05, 0.1) is 42.8 Å². The Bertz CT molecular complexity index is 2190. The smallest absolute Gasteiger partial charge is 0.0384 e. The van der Waals surface area contributed by atoms with E-state index in [9.17, 15) is 4.79 Å². The summed E-state index contributed by atoms with van der Waals surface area (Å²) in [6, 6.07) is 73.1. The molecule has 0 aliphatic carbocycles. The Morgan fingerprint density at radius 1 is 0.486 bits per heavy atom. The van der Waals surface area contributed by atoms with Gasteiger partial charge in [-0.3, -0.25) is 16.5 Å². The molecule has 0 aliphatic rings. The SMILES string of the molecule is CCCCCCCC(=O)N(c1ccccc1)c1ccccc1.CCCCCCCCO.C[PH+](CCNCC[PH+](c1ccccc1)c1ccccc1)c1ccccc1.[CH-]=O.[Cl][RuH+2].c1ccc(Nc2ccccc2)cc1. The number of nitrogens with zero attached hydrogens (tertiary/aromatic N) is 1. The Hall–Kier alpha value is -4.83. The van der Waals surface area contributed by atoms with Gasteiger partial charge in [-0.25, -0.2) is 0 Å². The maximum atomic E-state index is 12.7. The number of carbonyl (C=O) groups excluding carboxylic acids is 2. The second-order valence-electron chi connectivity index (χ2n) is 17.5. The molecule has 0 spiro atoms. The number of carbonyl (C=O) groups is 1. The molecule has 0 saturated heterocycles. The fraction of sp³-hybridized carbons (Fsp3) is 0.312. The van der Waals surface area contributed by atoms with Crippen molar-refractivity contribution in [1.82, 2.24) is 5.32 Å². The van der Waals surface area contributed by atoms with E-state index < -0.39 is 15.8 Å². The van der Waals surface area contributed by atoms with Crippen molar-refractivity contribution < 1.29 is 32.0 Å². The average Bonchev–Trinajstić information content (AvgIpc) is 3.47. The summed E-state index contributed by atoms with van der Waals surface area (Å²) in [7, 11) is 3.48. The number of hydrogen-bond acceptors (Lipinski definition) is 5. The van der Waals surface area contributed by atoms with Gasteiger partial charge in [0.2, 0.25) is 5.91 Å². The molecule has 1 amide bonds. The van der Waals surface area contributed by atoms with Crippen LogP contribution in [0.25, 0.3) is 0 Å². The van der Waals surface area contributed by atoms with E-state index in [1.165, 1.54) is 79.6 Å². The van der Waals surface area contributed by atoms with Crippen molar-refractivity contribution in [3.8, 4) is 0 Å². The van der Waals surface area contributed by atoms with Crippen molar-refractivity contribution in [1.29, 1.82) is 0 Å². The van der Waals surface area contributed by atoms with Crippen LogP contribution in [0.4, 0.5) is 22.7 Å². The van der Waals surface area contributed by atoms with Crippen LogP contribution in [0.15, 0.2) is 212 Å². The number of halogens is 1. The number of nitrogens with one attached hydrogen (secondary N) is 2. The molecule has 7 aromatic rings. The van der Waals surface area contributed by atoms with Gasteiger partial charge in [-0.05, 0) is 97.8 Å². The fourth-order valence-electron chi connectivity index (χ4n) is 7.90. The Morgan fingerprint density at radius 2 is 0.824 bits per heavy atom. The first kappa shape index (κ1) is 65.3. The summed E-state index contributed by atoms with van der Waals surface area (Å²) in [4.78, 5) is 22.3. The van der Waals surface area contributed by atoms with E-state index in [0.29, 0.717) is 13.0 Å². The van der Waals surface area contributed by atoms with Gasteiger partial charge in [0.25, 0.3) is 0 Å². The number of benzene rings is 7. The van der Waals surface area contributed by atoms with Crippen LogP contribution >= 0.6 is 25.5 Å². The number of aliphatic hydroxyl groups excluding tert-OH is 1. The maximum Gasteiger partial charge on any atom is 0.0384 e. The minimum Gasteiger partial charge on any atom is -0.356 e. The molecule has 74 heavy (non-hydrogen) atoms. The number of para-hydroxylation sites is 4. The molecule has 0 heterocycles. The predicted octanol–water partition coefficient (Wildman–Crippen LogP) is 15.2. The van der Waals surface area contributed by atoms with Crippen LogP contribution in [-0.2, 0) is 26.9 Å². The van der Waals surface area contributed by atoms with Crippen LogP contribution in [0, 0.1) is 0 Å². The zero-order valence-corrected chi connectivity index (χ0v) is 48.9. The molecule has 1 atom stereocenters. The number of rotatable bonds is 25. The molecule has 7 aromatic carbocycles. The van der Waals surface area contributed by atoms with Crippen LogP contribution < -0.4 is 31.4 Å². The summed E-state index contributed by atoms with van der Waals surface area (Å²) < 4.78 is 0. The summed E-state index contributed by atoms with van der Waals surface area (Å²) in [6.45, 7) is 12.7. The average molecular weight is 1140 g/mol. The third-order valence-corrected chi connectivity index (χ3v) is 17.0. The largest absolute Gasteiger partial charge is 0.356 e. The summed E-state index contributed by atoms with van der Waals surface area (Å²) in [5.41, 5.74) is 4.11. The van der Waals surface area contributed by atoms with E-state index in [4.69, 9.17) is 9.90 Å². The third-order valence-electron chi connectivity index (χ3n) is 11.9. The number of amides is 1. The van der Waals surface area contributed by atoms with E-state index in [0.717, 1.165) is 55.1 Å². The zero-order chi connectivity index (χ0) is 53.5. The minimum absolute atomic E-state index is 0.175. The number of unbranched alkanes of at least 4 members (excludes halogenated alkanes) is 9. The van der Waals surface area contributed by atoms with Gasteiger partial charge in [0.1, 0.15) is 0 Å². The molecular weight excluding hydrogens is 1060 g/mol. The van der Waals surface area contributed by atoms with Crippen LogP contribution in [0.3, 0.4) is 0 Å². The Kier molecular flexibility index (Phi) is 40.2. The van der Waals surface area contributed by atoms with Crippen molar-refractivity contribution in [3.05, 3.63) is 212 Å². The molecule has 0 bridgehead atoms. The third kappa shape index (κ3) is 29.3. The quantitative estimate of drug-likeness (QED) is 0.0175. The Morgan fingerprint density at radius 3 is 1.23 bits per heavy atom. The number of aliphatic hydroxyl groups is 1. The second-order valence-corrected chi connectivity index (χ2v) is 22.8. The van der Waals surface area contributed by atoms with Gasteiger partial charge in [0, 0.05) is 56.8 Å². The summed E-state index contributed by atoms with van der Waals surface area (Å²) in [5, 5.41) is 20.0. The predicted molar refractivity (Wildman–Crippen MR) is 327 cm³/mol. The van der Waals surface area contributed by atoms with Crippen molar-refractivity contribution in [2.45, 2.75) is 90.9 Å². The molecular formula is C64H85ClN3O3P2Ru+3. The van der Waals surface area contributed by atoms with Gasteiger partial charge in [0.15, 0.2) is 0 Å². The monoisotopic (exact) mass is 1140 g/mol. The van der Waals surface area contributed by atoms with E-state index >= 15 is 0 Å². The molecule has 6 nitrogen and oxygen atoms in total. The van der Waals surface area contributed by atoms with E-state index in [2.05, 4.69) is 139 Å². The zero-order valence-electron chi connectivity index (χ0n) is 44.3. The van der Waals surface area contributed by atoms with Crippen molar-refractivity contribution >= 4 is 76.9 Å². The van der Waals surface area contributed by atoms with Crippen molar-refractivity contribution in [3.63, 3.8) is 0 Å². The van der Waals surface area contributed by atoms with Crippen LogP contribution in [0.2, 0.25) is 0 Å². The fourth-order valence-corrected chi connectivity index (χ4v) is 12.0. The van der Waals surface area contributed by atoms with Gasteiger partial charge in [-0.15, -0.1) is 0 Å². The number of anilines is 4. The van der Waals surface area contributed by atoms with Gasteiger partial charge >= 0.3 is 27.0 Å². The molecule has 0 fully saturated rings. The number of hydrogen-bond donors (Lipinski definition) is 3. The molecule has 3 N–H and O–H groups in total. The molecule has 0 aromatic heterocycles. The molecule has 0 saturated carbocycles. The summed E-state index contributed by atoms with van der Waals surface area (Å²) >= 11 is 1.62. The normalized spacial score (nSPS) is 10.4. The molecule has 10 heteroatoms. The molecule has 1 unspecified atom stereocenters. The van der Waals surface area contributed by atoms with E-state index in [1.807, 2.05) is 126 Å². The molecule has 0 radical (unpaired) electrons. The van der Waals surface area contributed by atoms with Crippen molar-refractivity contribution in [2.75, 3.05) is 48.9 Å².